The molecule has 0 amide bonds. The fraction of sp³-hybridized carbons (Fsp3) is 0.174. The molecular weight excluding hydrogens is 334 g/mol. The van der Waals surface area contributed by atoms with Crippen molar-refractivity contribution in [2.24, 2.45) is 0 Å². The van der Waals surface area contributed by atoms with E-state index in [0.717, 1.165) is 43.2 Å². The summed E-state index contributed by atoms with van der Waals surface area (Å²) in [7, 11) is 0. The molecule has 0 radical (unpaired) electrons. The molecule has 1 fully saturated rings. The lowest BCUT2D eigenvalue weighted by atomic mass is 10.0. The number of rotatable bonds is 3. The lowest BCUT2D eigenvalue weighted by Gasteiger charge is -2.28. The molecule has 5 rings (SSSR count). The molecule has 2 aromatic carbocycles. The van der Waals surface area contributed by atoms with Crippen molar-refractivity contribution in [3.63, 3.8) is 0 Å². The molecule has 27 heavy (non-hydrogen) atoms. The SMILES string of the molecule is c1ccc(-c2ccc(-c3cn4cc(N5CCOCC5)ccc4n3)cc2)cc1. The summed E-state index contributed by atoms with van der Waals surface area (Å²) in [5, 5.41) is 0. The van der Waals surface area contributed by atoms with Gasteiger partial charge in [0.2, 0.25) is 0 Å². The molecule has 0 saturated carbocycles. The molecule has 1 saturated heterocycles. The number of hydrogen-bond donors (Lipinski definition) is 0. The van der Waals surface area contributed by atoms with E-state index in [2.05, 4.69) is 82.4 Å². The lowest BCUT2D eigenvalue weighted by Crippen LogP contribution is -2.36. The van der Waals surface area contributed by atoms with Crippen LogP contribution in [0.5, 0.6) is 0 Å². The molecule has 4 nitrogen and oxygen atoms in total. The third-order valence-corrected chi connectivity index (χ3v) is 5.10. The molecule has 1 aliphatic rings. The Morgan fingerprint density at radius 1 is 0.704 bits per heavy atom. The number of hydrogen-bond acceptors (Lipinski definition) is 3. The van der Waals surface area contributed by atoms with Gasteiger partial charge in [0, 0.05) is 31.0 Å². The Morgan fingerprint density at radius 2 is 1.41 bits per heavy atom. The van der Waals surface area contributed by atoms with Crippen LogP contribution in [0, 0.1) is 0 Å². The minimum Gasteiger partial charge on any atom is -0.378 e. The van der Waals surface area contributed by atoms with Crippen molar-refractivity contribution < 1.29 is 4.74 Å². The molecule has 0 atom stereocenters. The van der Waals surface area contributed by atoms with E-state index in [1.807, 2.05) is 6.07 Å². The Balaban J connectivity index is 1.44. The topological polar surface area (TPSA) is 29.8 Å². The summed E-state index contributed by atoms with van der Waals surface area (Å²) < 4.78 is 7.57. The number of anilines is 1. The van der Waals surface area contributed by atoms with Gasteiger partial charge in [0.15, 0.2) is 0 Å². The number of morpholine rings is 1. The van der Waals surface area contributed by atoms with E-state index in [1.54, 1.807) is 0 Å². The minimum atomic E-state index is 0.793. The zero-order valence-electron chi connectivity index (χ0n) is 15.1. The maximum atomic E-state index is 5.45. The average Bonchev–Trinajstić information content (AvgIpc) is 3.18. The van der Waals surface area contributed by atoms with Crippen molar-refractivity contribution in [3.8, 4) is 22.4 Å². The standard InChI is InChI=1S/C23H21N3O/c1-2-4-18(5-3-1)19-6-8-20(9-7-19)22-17-26-16-21(10-11-23(26)24-22)25-12-14-27-15-13-25/h1-11,16-17H,12-15H2. The number of nitrogens with zero attached hydrogens (tertiary/aromatic N) is 3. The van der Waals surface area contributed by atoms with Crippen LogP contribution < -0.4 is 4.90 Å². The number of aromatic nitrogens is 2. The molecule has 4 heteroatoms. The molecule has 0 aliphatic carbocycles. The van der Waals surface area contributed by atoms with Gasteiger partial charge in [-0.3, -0.25) is 0 Å². The van der Waals surface area contributed by atoms with Crippen molar-refractivity contribution in [1.82, 2.24) is 9.38 Å². The minimum absolute atomic E-state index is 0.793. The highest BCUT2D eigenvalue weighted by molar-refractivity contribution is 5.70. The number of ether oxygens (including phenoxy) is 1. The maximum Gasteiger partial charge on any atom is 0.137 e. The van der Waals surface area contributed by atoms with Gasteiger partial charge in [-0.15, -0.1) is 0 Å². The highest BCUT2D eigenvalue weighted by atomic mass is 16.5. The average molecular weight is 355 g/mol. The first kappa shape index (κ1) is 16.1. The molecule has 3 heterocycles. The highest BCUT2D eigenvalue weighted by Crippen LogP contribution is 2.25. The van der Waals surface area contributed by atoms with Gasteiger partial charge >= 0.3 is 0 Å². The lowest BCUT2D eigenvalue weighted by molar-refractivity contribution is 0.122. The molecule has 0 unspecified atom stereocenters. The zero-order valence-corrected chi connectivity index (χ0v) is 15.1. The van der Waals surface area contributed by atoms with Crippen molar-refractivity contribution in [2.45, 2.75) is 0 Å². The molecule has 1 aliphatic heterocycles. The van der Waals surface area contributed by atoms with Crippen molar-refractivity contribution in [1.29, 1.82) is 0 Å². The Hall–Kier alpha value is -3.11. The third-order valence-electron chi connectivity index (χ3n) is 5.10. The number of benzene rings is 2. The summed E-state index contributed by atoms with van der Waals surface area (Å²) in [6.07, 6.45) is 4.27. The fourth-order valence-electron chi connectivity index (χ4n) is 3.59. The van der Waals surface area contributed by atoms with Gasteiger partial charge in [0.1, 0.15) is 5.65 Å². The first-order chi connectivity index (χ1) is 13.4. The molecule has 0 N–H and O–H groups in total. The van der Waals surface area contributed by atoms with Crippen LogP contribution in [0.3, 0.4) is 0 Å². The highest BCUT2D eigenvalue weighted by Gasteiger charge is 2.12. The third kappa shape index (κ3) is 3.20. The number of fused-ring (bicyclic) bond motifs is 1. The van der Waals surface area contributed by atoms with Gasteiger partial charge in [-0.1, -0.05) is 54.6 Å². The predicted molar refractivity (Wildman–Crippen MR) is 109 cm³/mol. The van der Waals surface area contributed by atoms with Gasteiger partial charge in [-0.05, 0) is 23.3 Å². The molecular formula is C23H21N3O. The molecule has 134 valence electrons. The van der Waals surface area contributed by atoms with E-state index in [0.29, 0.717) is 0 Å². The maximum absolute atomic E-state index is 5.45. The smallest absolute Gasteiger partial charge is 0.137 e. The van der Waals surface area contributed by atoms with E-state index >= 15 is 0 Å². The summed E-state index contributed by atoms with van der Waals surface area (Å²) in [4.78, 5) is 7.15. The van der Waals surface area contributed by atoms with Crippen molar-refractivity contribution in [3.05, 3.63) is 79.1 Å². The van der Waals surface area contributed by atoms with Crippen LogP contribution in [-0.2, 0) is 4.74 Å². The monoisotopic (exact) mass is 355 g/mol. The van der Waals surface area contributed by atoms with Gasteiger partial charge in [0.05, 0.1) is 24.6 Å². The molecule has 4 aromatic rings. The predicted octanol–water partition coefficient (Wildman–Crippen LogP) is 4.50. The van der Waals surface area contributed by atoms with E-state index in [4.69, 9.17) is 9.72 Å². The second-order valence-electron chi connectivity index (χ2n) is 6.82. The van der Waals surface area contributed by atoms with Crippen LogP contribution in [0.2, 0.25) is 0 Å². The van der Waals surface area contributed by atoms with Crippen LogP contribution in [0.4, 0.5) is 5.69 Å². The van der Waals surface area contributed by atoms with Crippen molar-refractivity contribution >= 4 is 11.3 Å². The Kier molecular flexibility index (Phi) is 4.11. The Bertz CT molecular complexity index is 1050. The van der Waals surface area contributed by atoms with Gasteiger partial charge < -0.3 is 14.0 Å². The Labute approximate surface area is 158 Å². The zero-order chi connectivity index (χ0) is 18.1. The summed E-state index contributed by atoms with van der Waals surface area (Å²) in [5.74, 6) is 0. The van der Waals surface area contributed by atoms with E-state index in [-0.39, 0.29) is 0 Å². The van der Waals surface area contributed by atoms with Crippen molar-refractivity contribution in [2.75, 3.05) is 31.2 Å². The van der Waals surface area contributed by atoms with Crippen LogP contribution in [-0.4, -0.2) is 35.7 Å². The first-order valence-electron chi connectivity index (χ1n) is 9.34. The summed E-state index contributed by atoms with van der Waals surface area (Å²) in [6, 6.07) is 23.3. The summed E-state index contributed by atoms with van der Waals surface area (Å²) >= 11 is 0. The van der Waals surface area contributed by atoms with Crippen LogP contribution in [0.15, 0.2) is 79.1 Å². The van der Waals surface area contributed by atoms with E-state index < -0.39 is 0 Å². The van der Waals surface area contributed by atoms with Gasteiger partial charge in [0.25, 0.3) is 0 Å². The number of imidazole rings is 1. The van der Waals surface area contributed by atoms with Crippen LogP contribution in [0.1, 0.15) is 0 Å². The second-order valence-corrected chi connectivity index (χ2v) is 6.82. The van der Waals surface area contributed by atoms with E-state index in [1.165, 1.54) is 16.8 Å². The fourth-order valence-corrected chi connectivity index (χ4v) is 3.59. The van der Waals surface area contributed by atoms with Gasteiger partial charge in [-0.25, -0.2) is 4.98 Å². The van der Waals surface area contributed by atoms with Crippen LogP contribution in [0.25, 0.3) is 28.0 Å². The quantitative estimate of drug-likeness (QED) is 0.542. The normalized spacial score (nSPS) is 14.6. The van der Waals surface area contributed by atoms with Gasteiger partial charge in [-0.2, -0.15) is 0 Å². The number of pyridine rings is 1. The first-order valence-corrected chi connectivity index (χ1v) is 9.34. The molecule has 2 aromatic heterocycles. The molecule has 0 spiro atoms. The summed E-state index contributed by atoms with van der Waals surface area (Å²) in [5.41, 5.74) is 6.76. The molecule has 0 bridgehead atoms. The van der Waals surface area contributed by atoms with E-state index in [9.17, 15) is 0 Å². The van der Waals surface area contributed by atoms with Crippen LogP contribution >= 0.6 is 0 Å². The second kappa shape index (κ2) is 6.89. The summed E-state index contributed by atoms with van der Waals surface area (Å²) in [6.45, 7) is 3.46. The largest absolute Gasteiger partial charge is 0.378 e. The Morgan fingerprint density at radius 3 is 2.19 bits per heavy atom.